The normalized spacial score (nSPS) is 11.5. The van der Waals surface area contributed by atoms with Gasteiger partial charge in [-0.2, -0.15) is 28.0 Å². The van der Waals surface area contributed by atoms with Crippen molar-refractivity contribution in [2.45, 2.75) is 12.7 Å². The molecule has 0 saturated carbocycles. The summed E-state index contributed by atoms with van der Waals surface area (Å²) in [4.78, 5) is 23.6. The Morgan fingerprint density at radius 2 is 1.75 bits per heavy atom. The van der Waals surface area contributed by atoms with Crippen molar-refractivity contribution in [2.24, 2.45) is 0 Å². The molecule has 12 heteroatoms. The summed E-state index contributed by atoms with van der Waals surface area (Å²) in [7, 11) is 0. The maximum atomic E-state index is 13.7. The number of halogens is 7. The van der Waals surface area contributed by atoms with Gasteiger partial charge in [-0.05, 0) is 5.69 Å². The van der Waals surface area contributed by atoms with Crippen molar-refractivity contribution in [3.8, 4) is 5.69 Å². The summed E-state index contributed by atoms with van der Waals surface area (Å²) in [5.41, 5.74) is -6.67. The quantitative estimate of drug-likeness (QED) is 0.434. The minimum atomic E-state index is -5.38. The molecule has 4 nitrogen and oxygen atoms in total. The average molecular weight is 541 g/mol. The van der Waals surface area contributed by atoms with Crippen molar-refractivity contribution >= 4 is 11.6 Å². The summed E-state index contributed by atoms with van der Waals surface area (Å²) >= 11 is 5.42. The van der Waals surface area contributed by atoms with Crippen LogP contribution >= 0.6 is 11.6 Å². The van der Waals surface area contributed by atoms with Crippen molar-refractivity contribution in [3.05, 3.63) is 61.6 Å². The smallest absolute Gasteiger partial charge is 0.281 e. The Hall–Kier alpha value is -1.54. The minimum Gasteiger partial charge on any atom is -0.281 e. The van der Waals surface area contributed by atoms with E-state index in [0.717, 1.165) is 0 Å². The van der Waals surface area contributed by atoms with E-state index in [1.807, 2.05) is 0 Å². The number of aromatic nitrogens is 2. The number of alkyl halides is 5. The molecule has 0 unspecified atom stereocenters. The van der Waals surface area contributed by atoms with Crippen LogP contribution in [0.2, 0.25) is 5.02 Å². The molecule has 0 saturated heterocycles. The van der Waals surface area contributed by atoms with Crippen LogP contribution in [0.15, 0.2) is 27.8 Å². The molecule has 130 valence electrons. The van der Waals surface area contributed by atoms with Crippen LogP contribution < -0.4 is 11.2 Å². The van der Waals surface area contributed by atoms with Gasteiger partial charge in [-0.3, -0.25) is 9.36 Å². The van der Waals surface area contributed by atoms with E-state index in [1.165, 1.54) is 0 Å². The second-order valence-corrected chi connectivity index (χ2v) is 4.55. The standard InChI is InChI=1S/C12H4ClF6N2O2.W/c13-5-1-2-7(6(14)3-5)20-9(22)4-8(12(17,18)19)21(10(15)16)11(20)23;/h2-4,10H;/q-1;. The number of hydrogen-bond acceptors (Lipinski definition) is 2. The van der Waals surface area contributed by atoms with Gasteiger partial charge in [-0.15, -0.1) is 23.7 Å². The van der Waals surface area contributed by atoms with E-state index in [-0.39, 0.29) is 36.7 Å². The van der Waals surface area contributed by atoms with Gasteiger partial charge < -0.3 is 0 Å². The fourth-order valence-electron chi connectivity index (χ4n) is 1.79. The summed E-state index contributed by atoms with van der Waals surface area (Å²) in [5.74, 6) is -1.27. The topological polar surface area (TPSA) is 44.0 Å². The molecule has 2 rings (SSSR count). The first-order valence-electron chi connectivity index (χ1n) is 5.65. The molecule has 1 aromatic carbocycles. The van der Waals surface area contributed by atoms with Gasteiger partial charge in [0, 0.05) is 32.9 Å². The van der Waals surface area contributed by atoms with Crippen LogP contribution in [0, 0.1) is 11.9 Å². The third-order valence-corrected chi connectivity index (χ3v) is 2.93. The Morgan fingerprint density at radius 1 is 1.17 bits per heavy atom. The molecule has 0 amide bonds. The third-order valence-electron chi connectivity index (χ3n) is 2.71. The van der Waals surface area contributed by atoms with E-state index in [2.05, 4.69) is 6.07 Å². The third kappa shape index (κ3) is 3.75. The van der Waals surface area contributed by atoms with Gasteiger partial charge in [0.05, 0.1) is 0 Å². The molecule has 0 spiro atoms. The second kappa shape index (κ2) is 7.14. The second-order valence-electron chi connectivity index (χ2n) is 4.15. The predicted molar refractivity (Wildman–Crippen MR) is 66.4 cm³/mol. The minimum absolute atomic E-state index is 0. The van der Waals surface area contributed by atoms with Gasteiger partial charge in [0.25, 0.3) is 0 Å². The first-order valence-corrected chi connectivity index (χ1v) is 6.03. The van der Waals surface area contributed by atoms with Crippen LogP contribution in [0.5, 0.6) is 0 Å². The maximum Gasteiger partial charge on any atom is 0.431 e. The Bertz CT molecular complexity index is 877. The Kier molecular flexibility index (Phi) is 6.10. The summed E-state index contributed by atoms with van der Waals surface area (Å²) in [6.07, 6.45) is -5.38. The summed E-state index contributed by atoms with van der Waals surface area (Å²) in [6, 6.07) is 3.28. The first kappa shape index (κ1) is 20.5. The van der Waals surface area contributed by atoms with Crippen molar-refractivity contribution < 1.29 is 47.4 Å². The number of nitrogens with zero attached hydrogens (tertiary/aromatic N) is 2. The van der Waals surface area contributed by atoms with E-state index < -0.39 is 45.7 Å². The van der Waals surface area contributed by atoms with Crippen LogP contribution in [-0.2, 0) is 27.2 Å². The molecule has 0 fully saturated rings. The van der Waals surface area contributed by atoms with E-state index in [4.69, 9.17) is 11.6 Å². The van der Waals surface area contributed by atoms with Gasteiger partial charge >= 0.3 is 18.4 Å². The molecule has 1 heterocycles. The summed E-state index contributed by atoms with van der Waals surface area (Å²) in [5, 5.41) is -0.250. The molecule has 0 N–H and O–H groups in total. The summed E-state index contributed by atoms with van der Waals surface area (Å²) in [6.45, 7) is -3.90. The van der Waals surface area contributed by atoms with E-state index in [0.29, 0.717) is 12.1 Å². The maximum absolute atomic E-state index is 13.7. The van der Waals surface area contributed by atoms with Crippen LogP contribution in [0.25, 0.3) is 5.69 Å². The number of benzene rings is 1. The van der Waals surface area contributed by atoms with Gasteiger partial charge in [-0.1, -0.05) is 5.02 Å². The molecule has 0 bridgehead atoms. The molecule has 0 aliphatic rings. The molecule has 0 aliphatic heterocycles. The van der Waals surface area contributed by atoms with Crippen molar-refractivity contribution in [1.82, 2.24) is 9.13 Å². The van der Waals surface area contributed by atoms with Crippen LogP contribution in [0.4, 0.5) is 26.3 Å². The zero-order chi connectivity index (χ0) is 17.5. The zero-order valence-corrected chi connectivity index (χ0v) is 14.8. The molecule has 2 aromatic rings. The van der Waals surface area contributed by atoms with Gasteiger partial charge in [-0.25, -0.2) is 13.8 Å². The van der Waals surface area contributed by atoms with Crippen LogP contribution in [0.3, 0.4) is 0 Å². The fourth-order valence-corrected chi connectivity index (χ4v) is 1.94. The predicted octanol–water partition coefficient (Wildman–Crippen LogP) is 3.00. The molecule has 0 aliphatic carbocycles. The average Bonchev–Trinajstić information content (AvgIpc) is 2.38. The van der Waals surface area contributed by atoms with Gasteiger partial charge in [0.15, 0.2) is 0 Å². The Morgan fingerprint density at radius 3 is 2.21 bits per heavy atom. The van der Waals surface area contributed by atoms with Crippen LogP contribution in [-0.4, -0.2) is 9.13 Å². The Labute approximate surface area is 148 Å². The van der Waals surface area contributed by atoms with Crippen molar-refractivity contribution in [3.63, 3.8) is 0 Å². The van der Waals surface area contributed by atoms with E-state index in [9.17, 15) is 35.9 Å². The monoisotopic (exact) mass is 541 g/mol. The first-order chi connectivity index (χ1) is 10.5. The molecule has 0 atom stereocenters. The van der Waals surface area contributed by atoms with E-state index >= 15 is 0 Å². The summed E-state index contributed by atoms with van der Waals surface area (Å²) < 4.78 is 76.4. The number of hydrogen-bond donors (Lipinski definition) is 0. The number of rotatable bonds is 2. The molecule has 1 aromatic heterocycles. The van der Waals surface area contributed by atoms with E-state index in [1.54, 1.807) is 0 Å². The molecule has 24 heavy (non-hydrogen) atoms. The SMILES string of the molecule is O=c1cc(C(F)(F)F)n(C(F)F)c(=O)n1-c1c[c-]c(Cl)cc1F.[W]. The van der Waals surface area contributed by atoms with Gasteiger partial charge in [0.1, 0.15) is 5.69 Å². The molecular weight excluding hydrogens is 537 g/mol. The van der Waals surface area contributed by atoms with Crippen molar-refractivity contribution in [1.29, 1.82) is 0 Å². The largest absolute Gasteiger partial charge is 0.431 e. The van der Waals surface area contributed by atoms with Crippen LogP contribution in [0.1, 0.15) is 12.2 Å². The fraction of sp³-hybridized carbons (Fsp3) is 0.167. The Balaban J connectivity index is 0.00000288. The zero-order valence-electron chi connectivity index (χ0n) is 11.1. The molecular formula is C12H4ClF6N2O2W-. The van der Waals surface area contributed by atoms with Crippen molar-refractivity contribution in [2.75, 3.05) is 0 Å². The molecule has 0 radical (unpaired) electrons. The van der Waals surface area contributed by atoms with Gasteiger partial charge in [0.2, 0.25) is 5.56 Å².